The largest absolute Gasteiger partial charge is 0.494 e. The minimum absolute atomic E-state index is 0.0123. The van der Waals surface area contributed by atoms with E-state index < -0.39 is 0 Å². The van der Waals surface area contributed by atoms with Gasteiger partial charge in [-0.1, -0.05) is 0 Å². The highest BCUT2D eigenvalue weighted by atomic mass is 16.5. The van der Waals surface area contributed by atoms with Gasteiger partial charge in [-0.05, 0) is 50.8 Å². The van der Waals surface area contributed by atoms with Crippen LogP contribution in [0.5, 0.6) is 5.75 Å². The van der Waals surface area contributed by atoms with E-state index >= 15 is 0 Å². The van der Waals surface area contributed by atoms with E-state index in [9.17, 15) is 9.59 Å². The van der Waals surface area contributed by atoms with Gasteiger partial charge in [0.15, 0.2) is 0 Å². The Hall–Kier alpha value is -2.57. The second-order valence-electron chi connectivity index (χ2n) is 6.62. The number of fused-ring (bicyclic) bond motifs is 2. The molecule has 7 heteroatoms. The molecule has 2 heterocycles. The minimum Gasteiger partial charge on any atom is -0.494 e. The summed E-state index contributed by atoms with van der Waals surface area (Å²) in [5.74, 6) is 1.23. The van der Waals surface area contributed by atoms with Crippen molar-refractivity contribution in [3.05, 3.63) is 23.8 Å². The molecule has 0 bridgehead atoms. The summed E-state index contributed by atoms with van der Waals surface area (Å²) < 4.78 is 10.7. The van der Waals surface area contributed by atoms with E-state index in [1.54, 1.807) is 0 Å². The van der Waals surface area contributed by atoms with Crippen LogP contribution in [0.2, 0.25) is 0 Å². The molecule has 1 unspecified atom stereocenters. The van der Waals surface area contributed by atoms with Gasteiger partial charge >= 0.3 is 5.97 Å². The number of guanidine groups is 1. The topological polar surface area (TPSA) is 80.2 Å². The van der Waals surface area contributed by atoms with Gasteiger partial charge in [-0.3, -0.25) is 14.9 Å². The number of benzene rings is 1. The third-order valence-corrected chi connectivity index (χ3v) is 4.58. The Morgan fingerprint density at radius 1 is 1.27 bits per heavy atom. The first-order valence-corrected chi connectivity index (χ1v) is 9.10. The lowest BCUT2D eigenvalue weighted by Crippen LogP contribution is -2.35. The van der Waals surface area contributed by atoms with Gasteiger partial charge in [0.1, 0.15) is 11.8 Å². The summed E-state index contributed by atoms with van der Waals surface area (Å²) in [4.78, 5) is 28.9. The van der Waals surface area contributed by atoms with Crippen molar-refractivity contribution in [1.82, 2.24) is 10.2 Å². The Morgan fingerprint density at radius 3 is 2.81 bits per heavy atom. The molecule has 1 amide bonds. The SMILES string of the molecule is CC(=O)OCCCCCCOc1ccc2c(c1)CN1C(=N2)NC(=O)C1C. The van der Waals surface area contributed by atoms with Gasteiger partial charge in [0.2, 0.25) is 11.9 Å². The minimum atomic E-state index is -0.222. The van der Waals surface area contributed by atoms with Crippen molar-refractivity contribution in [2.24, 2.45) is 4.99 Å². The molecule has 1 atom stereocenters. The maximum atomic E-state index is 11.8. The predicted molar refractivity (Wildman–Crippen MR) is 97.3 cm³/mol. The zero-order valence-corrected chi connectivity index (χ0v) is 15.3. The standard InChI is InChI=1S/C19H25N3O4/c1-13-18(24)21-19-20-17-8-7-16(11-15(17)12-22(13)19)26-10-6-4-3-5-9-25-14(2)23/h7-8,11,13H,3-6,9-10,12H2,1-2H3,(H,20,21,24). The molecule has 0 saturated carbocycles. The molecule has 0 aliphatic carbocycles. The molecule has 26 heavy (non-hydrogen) atoms. The summed E-state index contributed by atoms with van der Waals surface area (Å²) >= 11 is 0. The predicted octanol–water partition coefficient (Wildman–Crippen LogP) is 2.51. The number of carbonyl (C=O) groups is 2. The van der Waals surface area contributed by atoms with E-state index in [1.807, 2.05) is 30.0 Å². The molecule has 2 aliphatic rings. The lowest BCUT2D eigenvalue weighted by molar-refractivity contribution is -0.141. The fraction of sp³-hybridized carbons (Fsp3) is 0.526. The van der Waals surface area contributed by atoms with Crippen molar-refractivity contribution in [3.8, 4) is 5.75 Å². The second kappa shape index (κ2) is 8.21. The number of nitrogens with zero attached hydrogens (tertiary/aromatic N) is 2. The van der Waals surface area contributed by atoms with E-state index in [0.717, 1.165) is 42.7 Å². The zero-order chi connectivity index (χ0) is 18.5. The first-order valence-electron chi connectivity index (χ1n) is 9.10. The summed E-state index contributed by atoms with van der Waals surface area (Å²) in [5, 5.41) is 2.81. The maximum Gasteiger partial charge on any atom is 0.302 e. The lowest BCUT2D eigenvalue weighted by Gasteiger charge is -2.26. The van der Waals surface area contributed by atoms with Crippen LogP contribution in [-0.2, 0) is 20.9 Å². The molecular weight excluding hydrogens is 334 g/mol. The Bertz CT molecular complexity index is 717. The van der Waals surface area contributed by atoms with Crippen LogP contribution in [0.15, 0.2) is 23.2 Å². The summed E-state index contributed by atoms with van der Waals surface area (Å²) in [7, 11) is 0. The molecule has 1 aromatic carbocycles. The second-order valence-corrected chi connectivity index (χ2v) is 6.62. The van der Waals surface area contributed by atoms with Crippen molar-refractivity contribution < 1.29 is 19.1 Å². The number of rotatable bonds is 8. The first-order chi connectivity index (χ1) is 12.5. The van der Waals surface area contributed by atoms with E-state index in [0.29, 0.717) is 25.7 Å². The molecule has 1 saturated heterocycles. The zero-order valence-electron chi connectivity index (χ0n) is 15.3. The fourth-order valence-corrected chi connectivity index (χ4v) is 3.06. The highest BCUT2D eigenvalue weighted by Gasteiger charge is 2.35. The fourth-order valence-electron chi connectivity index (χ4n) is 3.06. The maximum absolute atomic E-state index is 11.8. The monoisotopic (exact) mass is 359 g/mol. The lowest BCUT2D eigenvalue weighted by atomic mass is 10.1. The summed E-state index contributed by atoms with van der Waals surface area (Å²) in [5.41, 5.74) is 1.94. The van der Waals surface area contributed by atoms with Crippen molar-refractivity contribution in [2.45, 2.75) is 52.1 Å². The van der Waals surface area contributed by atoms with Gasteiger partial charge in [0.05, 0.1) is 18.9 Å². The molecule has 1 fully saturated rings. The van der Waals surface area contributed by atoms with Gasteiger partial charge in [-0.15, -0.1) is 0 Å². The Balaban J connectivity index is 1.43. The quantitative estimate of drug-likeness (QED) is 0.570. The van der Waals surface area contributed by atoms with Gasteiger partial charge in [-0.25, -0.2) is 4.99 Å². The van der Waals surface area contributed by atoms with Crippen LogP contribution in [0.4, 0.5) is 5.69 Å². The number of carbonyl (C=O) groups excluding carboxylic acids is 2. The summed E-state index contributed by atoms with van der Waals surface area (Å²) in [6.45, 7) is 5.11. The Kier molecular flexibility index (Phi) is 5.75. The molecular formula is C19H25N3O4. The number of ether oxygens (including phenoxy) is 2. The van der Waals surface area contributed by atoms with Gasteiger partial charge < -0.3 is 14.4 Å². The van der Waals surface area contributed by atoms with Crippen LogP contribution in [0.3, 0.4) is 0 Å². The molecule has 140 valence electrons. The van der Waals surface area contributed by atoms with Crippen molar-refractivity contribution >= 4 is 23.5 Å². The van der Waals surface area contributed by atoms with Gasteiger partial charge in [-0.2, -0.15) is 0 Å². The van der Waals surface area contributed by atoms with E-state index in [-0.39, 0.29) is 17.9 Å². The van der Waals surface area contributed by atoms with Crippen molar-refractivity contribution in [1.29, 1.82) is 0 Å². The molecule has 2 aliphatic heterocycles. The van der Waals surface area contributed by atoms with Crippen LogP contribution in [0.25, 0.3) is 0 Å². The molecule has 1 N–H and O–H groups in total. The average Bonchev–Trinajstić information content (AvgIpc) is 2.89. The van der Waals surface area contributed by atoms with Crippen molar-refractivity contribution in [3.63, 3.8) is 0 Å². The number of amides is 1. The van der Waals surface area contributed by atoms with Gasteiger partial charge in [0, 0.05) is 19.0 Å². The van der Waals surface area contributed by atoms with Crippen LogP contribution < -0.4 is 10.1 Å². The molecule has 3 rings (SSSR count). The van der Waals surface area contributed by atoms with Gasteiger partial charge in [0.25, 0.3) is 0 Å². The molecule has 0 spiro atoms. The third kappa shape index (κ3) is 4.33. The normalized spacial score (nSPS) is 17.9. The summed E-state index contributed by atoms with van der Waals surface area (Å²) in [6.07, 6.45) is 3.91. The number of hydrogen-bond acceptors (Lipinski definition) is 6. The van der Waals surface area contributed by atoms with Crippen molar-refractivity contribution in [2.75, 3.05) is 13.2 Å². The number of nitrogens with one attached hydrogen (secondary N) is 1. The third-order valence-electron chi connectivity index (χ3n) is 4.58. The number of esters is 1. The van der Waals surface area contributed by atoms with E-state index in [4.69, 9.17) is 9.47 Å². The van der Waals surface area contributed by atoms with E-state index in [1.165, 1.54) is 6.92 Å². The van der Waals surface area contributed by atoms with E-state index in [2.05, 4.69) is 10.3 Å². The highest BCUT2D eigenvalue weighted by molar-refractivity contribution is 6.07. The number of aliphatic imine (C=N–C) groups is 1. The van der Waals surface area contributed by atoms with Crippen LogP contribution in [-0.4, -0.2) is 42.0 Å². The Morgan fingerprint density at radius 2 is 2.04 bits per heavy atom. The molecule has 1 aromatic rings. The number of hydrogen-bond donors (Lipinski definition) is 1. The molecule has 0 aromatic heterocycles. The van der Waals surface area contributed by atoms with Crippen LogP contribution in [0, 0.1) is 0 Å². The average molecular weight is 359 g/mol. The van der Waals surface area contributed by atoms with Crippen LogP contribution >= 0.6 is 0 Å². The highest BCUT2D eigenvalue weighted by Crippen LogP contribution is 2.31. The first kappa shape index (κ1) is 18.2. The molecule has 7 nitrogen and oxygen atoms in total. The number of unbranched alkanes of at least 4 members (excludes halogenated alkanes) is 3. The molecule has 0 radical (unpaired) electrons. The summed E-state index contributed by atoms with van der Waals surface area (Å²) in [6, 6.07) is 5.66. The van der Waals surface area contributed by atoms with Crippen LogP contribution in [0.1, 0.15) is 45.1 Å². The Labute approximate surface area is 153 Å². The smallest absolute Gasteiger partial charge is 0.302 e.